The van der Waals surface area contributed by atoms with Crippen LogP contribution in [0.25, 0.3) is 11.0 Å². The summed E-state index contributed by atoms with van der Waals surface area (Å²) in [6.07, 6.45) is 0.336. The van der Waals surface area contributed by atoms with E-state index in [-0.39, 0.29) is 29.5 Å². The predicted molar refractivity (Wildman–Crippen MR) is 113 cm³/mol. The molecule has 30 heavy (non-hydrogen) atoms. The number of hydrogen-bond donors (Lipinski definition) is 2. The van der Waals surface area contributed by atoms with Gasteiger partial charge in [-0.15, -0.1) is 0 Å². The van der Waals surface area contributed by atoms with E-state index in [1.54, 1.807) is 0 Å². The van der Waals surface area contributed by atoms with E-state index in [0.717, 1.165) is 27.8 Å². The van der Waals surface area contributed by atoms with Gasteiger partial charge >= 0.3 is 0 Å². The molecule has 4 aromatic rings. The van der Waals surface area contributed by atoms with Crippen LogP contribution in [0.4, 0.5) is 10.1 Å². The first kappa shape index (κ1) is 20.4. The lowest BCUT2D eigenvalue weighted by Gasteiger charge is -2.05. The van der Waals surface area contributed by atoms with Gasteiger partial charge in [0, 0.05) is 17.9 Å². The number of amides is 1. The Morgan fingerprint density at radius 1 is 1.27 bits per heavy atom. The van der Waals surface area contributed by atoms with Crippen molar-refractivity contribution in [3.05, 3.63) is 64.5 Å². The summed E-state index contributed by atoms with van der Waals surface area (Å²) in [7, 11) is 0. The minimum atomic E-state index is -0.589. The van der Waals surface area contributed by atoms with Gasteiger partial charge in [0.25, 0.3) is 0 Å². The van der Waals surface area contributed by atoms with E-state index in [9.17, 15) is 9.18 Å². The number of carbonyl (C=O) groups is 1. The minimum Gasteiger partial charge on any atom is -0.339 e. The Balaban J connectivity index is 1.28. The van der Waals surface area contributed by atoms with Crippen LogP contribution in [-0.2, 0) is 17.0 Å². The highest BCUT2D eigenvalue weighted by molar-refractivity contribution is 7.98. The second-order valence-corrected chi connectivity index (χ2v) is 8.03. The average Bonchev–Trinajstić information content (AvgIpc) is 3.33. The molecule has 0 bridgehead atoms. The van der Waals surface area contributed by atoms with E-state index in [1.165, 1.54) is 23.9 Å². The third kappa shape index (κ3) is 4.98. The van der Waals surface area contributed by atoms with Crippen LogP contribution in [0.2, 0.25) is 5.02 Å². The number of hydrogen-bond acceptors (Lipinski definition) is 6. The largest absolute Gasteiger partial charge is 0.339 e. The third-order valence-electron chi connectivity index (χ3n) is 4.23. The van der Waals surface area contributed by atoms with Crippen molar-refractivity contribution in [2.45, 2.75) is 30.7 Å². The van der Waals surface area contributed by atoms with Crippen molar-refractivity contribution in [1.29, 1.82) is 0 Å². The molecule has 0 saturated heterocycles. The molecule has 0 atom stereocenters. The molecule has 7 nitrogen and oxygen atoms in total. The van der Waals surface area contributed by atoms with Crippen molar-refractivity contribution in [1.82, 2.24) is 20.1 Å². The standard InChI is InChI=1S/C20H17ClFN5O2S/c1-11-2-4-15-16(8-11)25-20(24-15)30-10-17-26-19(29-27-17)7-6-18(28)23-14-5-3-12(21)9-13(14)22/h2-5,8-9H,6-7,10H2,1H3,(H,23,28)(H,24,25). The van der Waals surface area contributed by atoms with E-state index in [1.807, 2.05) is 25.1 Å². The van der Waals surface area contributed by atoms with Crippen molar-refractivity contribution in [2.24, 2.45) is 0 Å². The zero-order chi connectivity index (χ0) is 21.1. The van der Waals surface area contributed by atoms with Crippen LogP contribution < -0.4 is 5.32 Å². The van der Waals surface area contributed by atoms with Gasteiger partial charge in [0.15, 0.2) is 11.0 Å². The molecular weight excluding hydrogens is 429 g/mol. The first-order valence-electron chi connectivity index (χ1n) is 9.12. The summed E-state index contributed by atoms with van der Waals surface area (Å²) in [5.74, 6) is 0.384. The molecule has 0 unspecified atom stereocenters. The number of aryl methyl sites for hydroxylation is 2. The van der Waals surface area contributed by atoms with Crippen LogP contribution in [0.3, 0.4) is 0 Å². The summed E-state index contributed by atoms with van der Waals surface area (Å²) < 4.78 is 18.9. The number of imidazole rings is 1. The highest BCUT2D eigenvalue weighted by Crippen LogP contribution is 2.23. The van der Waals surface area contributed by atoms with Crippen LogP contribution in [0.15, 0.2) is 46.1 Å². The highest BCUT2D eigenvalue weighted by atomic mass is 35.5. The lowest BCUT2D eigenvalue weighted by Crippen LogP contribution is -2.13. The number of halogens is 2. The maximum absolute atomic E-state index is 13.7. The number of aromatic amines is 1. The monoisotopic (exact) mass is 445 g/mol. The van der Waals surface area contributed by atoms with E-state index in [4.69, 9.17) is 16.1 Å². The highest BCUT2D eigenvalue weighted by Gasteiger charge is 2.12. The maximum atomic E-state index is 13.7. The second kappa shape index (κ2) is 8.85. The van der Waals surface area contributed by atoms with Gasteiger partial charge in [-0.05, 0) is 42.8 Å². The van der Waals surface area contributed by atoms with Gasteiger partial charge in [-0.2, -0.15) is 4.98 Å². The topological polar surface area (TPSA) is 96.7 Å². The van der Waals surface area contributed by atoms with Gasteiger partial charge in [0.05, 0.1) is 22.5 Å². The number of H-pyrrole nitrogens is 1. The van der Waals surface area contributed by atoms with Crippen LogP contribution in [0.1, 0.15) is 23.7 Å². The number of anilines is 1. The Labute approximate surface area is 180 Å². The number of nitrogens with zero attached hydrogens (tertiary/aromatic N) is 3. The van der Waals surface area contributed by atoms with E-state index in [0.29, 0.717) is 17.5 Å². The van der Waals surface area contributed by atoms with Gasteiger partial charge in [-0.25, -0.2) is 9.37 Å². The number of aromatic nitrogens is 4. The maximum Gasteiger partial charge on any atom is 0.227 e. The molecule has 2 aromatic heterocycles. The first-order valence-corrected chi connectivity index (χ1v) is 10.5. The molecule has 4 rings (SSSR count). The zero-order valence-corrected chi connectivity index (χ0v) is 17.5. The summed E-state index contributed by atoms with van der Waals surface area (Å²) in [6.45, 7) is 2.03. The fraction of sp³-hybridized carbons (Fsp3) is 0.200. The summed E-state index contributed by atoms with van der Waals surface area (Å²) >= 11 is 7.16. The SMILES string of the molecule is Cc1ccc2nc(SCc3noc(CCC(=O)Nc4ccc(Cl)cc4F)n3)[nH]c2c1. The number of rotatable bonds is 7. The molecule has 0 aliphatic rings. The molecule has 0 aliphatic heterocycles. The van der Waals surface area contributed by atoms with E-state index >= 15 is 0 Å². The number of carbonyl (C=O) groups excluding carboxylic acids is 1. The number of fused-ring (bicyclic) bond motifs is 1. The molecule has 154 valence electrons. The Bertz CT molecular complexity index is 1210. The molecule has 2 N–H and O–H groups in total. The zero-order valence-electron chi connectivity index (χ0n) is 15.9. The molecule has 0 fully saturated rings. The van der Waals surface area contributed by atoms with E-state index in [2.05, 4.69) is 25.4 Å². The Morgan fingerprint density at radius 3 is 2.97 bits per heavy atom. The van der Waals surface area contributed by atoms with Gasteiger partial charge in [0.2, 0.25) is 11.8 Å². The summed E-state index contributed by atoms with van der Waals surface area (Å²) in [6, 6.07) is 10.1. The third-order valence-corrected chi connectivity index (χ3v) is 5.34. The van der Waals surface area contributed by atoms with Crippen molar-refractivity contribution in [2.75, 3.05) is 5.32 Å². The fourth-order valence-electron chi connectivity index (χ4n) is 2.78. The predicted octanol–water partition coefficient (Wildman–Crippen LogP) is 4.91. The first-order chi connectivity index (χ1) is 14.5. The average molecular weight is 446 g/mol. The van der Waals surface area contributed by atoms with E-state index < -0.39 is 5.82 Å². The number of thioether (sulfide) groups is 1. The molecule has 1 amide bonds. The van der Waals surface area contributed by atoms with Crippen molar-refractivity contribution >= 4 is 46.0 Å². The molecular formula is C20H17ClFN5O2S. The Kier molecular flexibility index (Phi) is 6.01. The normalized spacial score (nSPS) is 11.2. The van der Waals surface area contributed by atoms with Crippen molar-refractivity contribution < 1.29 is 13.7 Å². The molecule has 10 heteroatoms. The van der Waals surface area contributed by atoms with Crippen molar-refractivity contribution in [3.8, 4) is 0 Å². The molecule has 2 aromatic carbocycles. The number of nitrogens with one attached hydrogen (secondary N) is 2. The second-order valence-electron chi connectivity index (χ2n) is 6.63. The quantitative estimate of drug-likeness (QED) is 0.392. The van der Waals surface area contributed by atoms with Crippen molar-refractivity contribution in [3.63, 3.8) is 0 Å². The van der Waals surface area contributed by atoms with Crippen LogP contribution >= 0.6 is 23.4 Å². The minimum absolute atomic E-state index is 0.0769. The molecule has 0 radical (unpaired) electrons. The van der Waals surface area contributed by atoms with Crippen LogP contribution in [0, 0.1) is 12.7 Å². The van der Waals surface area contributed by atoms with Gasteiger partial charge < -0.3 is 14.8 Å². The van der Waals surface area contributed by atoms with Gasteiger partial charge in [0.1, 0.15) is 5.82 Å². The Morgan fingerprint density at radius 2 is 2.13 bits per heavy atom. The van der Waals surface area contributed by atoms with Gasteiger partial charge in [-0.1, -0.05) is 34.6 Å². The summed E-state index contributed by atoms with van der Waals surface area (Å²) in [4.78, 5) is 24.1. The Hall–Kier alpha value is -2.91. The number of benzene rings is 2. The smallest absolute Gasteiger partial charge is 0.227 e. The molecule has 0 saturated carbocycles. The molecule has 0 aliphatic carbocycles. The van der Waals surface area contributed by atoms with Crippen LogP contribution in [0.5, 0.6) is 0 Å². The van der Waals surface area contributed by atoms with Gasteiger partial charge in [-0.3, -0.25) is 4.79 Å². The lowest BCUT2D eigenvalue weighted by atomic mass is 10.2. The fourth-order valence-corrected chi connectivity index (χ4v) is 3.66. The van der Waals surface area contributed by atoms with Crippen LogP contribution in [-0.4, -0.2) is 26.0 Å². The summed E-state index contributed by atoms with van der Waals surface area (Å²) in [5.41, 5.74) is 3.12. The molecule has 2 heterocycles. The summed E-state index contributed by atoms with van der Waals surface area (Å²) in [5, 5.41) is 7.46. The molecule has 0 spiro atoms. The lowest BCUT2D eigenvalue weighted by molar-refractivity contribution is -0.116.